The number of anilines is 2. The minimum Gasteiger partial charge on any atom is -0.357 e. The molecule has 0 radical (unpaired) electrons. The van der Waals surface area contributed by atoms with Crippen LogP contribution in [-0.2, 0) is 4.79 Å². The molecule has 1 fully saturated rings. The third-order valence-corrected chi connectivity index (χ3v) is 3.65. The quantitative estimate of drug-likeness (QED) is 0.884. The maximum absolute atomic E-state index is 12.0. The van der Waals surface area contributed by atoms with Crippen LogP contribution in [0.5, 0.6) is 0 Å². The van der Waals surface area contributed by atoms with Crippen molar-refractivity contribution in [2.24, 2.45) is 0 Å². The van der Waals surface area contributed by atoms with E-state index in [2.05, 4.69) is 20.6 Å². The lowest BCUT2D eigenvalue weighted by molar-refractivity contribution is -0.122. The Kier molecular flexibility index (Phi) is 5.00. The fraction of sp³-hybridized carbons (Fsp3) is 0.615. The number of nitrogens with one attached hydrogen (secondary N) is 2. The SMILES string of the molecule is CCNc1ncc(Cl)c(N2CCCCC2C(=O)NC)n1. The molecular formula is C13H20ClN5O. The highest BCUT2D eigenvalue weighted by atomic mass is 35.5. The molecule has 7 heteroatoms. The standard InChI is InChI=1S/C13H20ClN5O/c1-3-16-13-17-8-9(14)11(18-13)19-7-5-4-6-10(19)12(20)15-2/h8,10H,3-7H2,1-2H3,(H,15,20)(H,16,17,18). The van der Waals surface area contributed by atoms with Gasteiger partial charge in [-0.2, -0.15) is 4.98 Å². The molecule has 110 valence electrons. The van der Waals surface area contributed by atoms with Crippen molar-refractivity contribution in [1.82, 2.24) is 15.3 Å². The number of rotatable bonds is 4. The monoisotopic (exact) mass is 297 g/mol. The van der Waals surface area contributed by atoms with Gasteiger partial charge in [-0.1, -0.05) is 11.6 Å². The van der Waals surface area contributed by atoms with Gasteiger partial charge in [0, 0.05) is 20.1 Å². The Morgan fingerprint density at radius 1 is 1.55 bits per heavy atom. The van der Waals surface area contributed by atoms with E-state index in [1.54, 1.807) is 13.2 Å². The van der Waals surface area contributed by atoms with E-state index in [9.17, 15) is 4.79 Å². The lowest BCUT2D eigenvalue weighted by atomic mass is 10.0. The largest absolute Gasteiger partial charge is 0.357 e. The molecule has 0 spiro atoms. The molecule has 2 rings (SSSR count). The van der Waals surface area contributed by atoms with Gasteiger partial charge in [0.1, 0.15) is 11.1 Å². The molecule has 1 aromatic heterocycles. The second-order valence-corrected chi connectivity index (χ2v) is 5.12. The Morgan fingerprint density at radius 3 is 3.05 bits per heavy atom. The number of hydrogen-bond donors (Lipinski definition) is 2. The lowest BCUT2D eigenvalue weighted by Gasteiger charge is -2.35. The molecule has 1 aliphatic rings. The van der Waals surface area contributed by atoms with E-state index in [1.165, 1.54) is 0 Å². The zero-order valence-corrected chi connectivity index (χ0v) is 12.6. The van der Waals surface area contributed by atoms with Crippen LogP contribution < -0.4 is 15.5 Å². The normalized spacial score (nSPS) is 18.8. The fourth-order valence-electron chi connectivity index (χ4n) is 2.43. The maximum atomic E-state index is 12.0. The van der Waals surface area contributed by atoms with Gasteiger partial charge in [-0.15, -0.1) is 0 Å². The van der Waals surface area contributed by atoms with Gasteiger partial charge >= 0.3 is 0 Å². The first kappa shape index (κ1) is 14.8. The summed E-state index contributed by atoms with van der Waals surface area (Å²) in [6, 6.07) is -0.212. The first-order chi connectivity index (χ1) is 9.67. The summed E-state index contributed by atoms with van der Waals surface area (Å²) in [6.07, 6.45) is 4.47. The maximum Gasteiger partial charge on any atom is 0.242 e. The molecule has 6 nitrogen and oxygen atoms in total. The molecule has 0 aliphatic carbocycles. The summed E-state index contributed by atoms with van der Waals surface area (Å²) in [5.74, 6) is 1.17. The molecule has 2 N–H and O–H groups in total. The highest BCUT2D eigenvalue weighted by Crippen LogP contribution is 2.29. The van der Waals surface area contributed by atoms with Gasteiger partial charge in [0.05, 0.1) is 6.20 Å². The minimum absolute atomic E-state index is 0.00406. The van der Waals surface area contributed by atoms with Crippen LogP contribution in [-0.4, -0.2) is 42.1 Å². The third-order valence-electron chi connectivity index (χ3n) is 3.38. The molecule has 1 atom stereocenters. The molecule has 1 unspecified atom stereocenters. The van der Waals surface area contributed by atoms with Crippen LogP contribution in [0, 0.1) is 0 Å². The molecule has 0 saturated carbocycles. The summed E-state index contributed by atoms with van der Waals surface area (Å²) in [5, 5.41) is 6.25. The summed E-state index contributed by atoms with van der Waals surface area (Å²) < 4.78 is 0. The van der Waals surface area contributed by atoms with Gasteiger partial charge in [-0.3, -0.25) is 4.79 Å². The Morgan fingerprint density at radius 2 is 2.35 bits per heavy atom. The number of nitrogens with zero attached hydrogens (tertiary/aromatic N) is 3. The van der Waals surface area contributed by atoms with Crippen molar-refractivity contribution in [3.63, 3.8) is 0 Å². The molecular weight excluding hydrogens is 278 g/mol. The van der Waals surface area contributed by atoms with E-state index >= 15 is 0 Å². The first-order valence-electron chi connectivity index (χ1n) is 6.92. The summed E-state index contributed by atoms with van der Waals surface area (Å²) in [7, 11) is 1.65. The van der Waals surface area contributed by atoms with E-state index in [4.69, 9.17) is 11.6 Å². The topological polar surface area (TPSA) is 70.2 Å². The van der Waals surface area contributed by atoms with E-state index in [0.717, 1.165) is 32.4 Å². The van der Waals surface area contributed by atoms with Crippen molar-refractivity contribution in [3.8, 4) is 0 Å². The van der Waals surface area contributed by atoms with Crippen molar-refractivity contribution in [3.05, 3.63) is 11.2 Å². The van der Waals surface area contributed by atoms with E-state index < -0.39 is 0 Å². The van der Waals surface area contributed by atoms with E-state index in [1.807, 2.05) is 11.8 Å². The number of amides is 1. The second kappa shape index (κ2) is 6.74. The number of halogens is 1. The zero-order valence-electron chi connectivity index (χ0n) is 11.8. The van der Waals surface area contributed by atoms with Gasteiger partial charge in [0.15, 0.2) is 5.82 Å². The Labute approximate surface area is 123 Å². The van der Waals surface area contributed by atoms with Crippen molar-refractivity contribution >= 4 is 29.3 Å². The van der Waals surface area contributed by atoms with E-state index in [-0.39, 0.29) is 11.9 Å². The molecule has 1 aliphatic heterocycles. The lowest BCUT2D eigenvalue weighted by Crippen LogP contribution is -2.49. The number of piperidine rings is 1. The Hall–Kier alpha value is -1.56. The molecule has 20 heavy (non-hydrogen) atoms. The summed E-state index contributed by atoms with van der Waals surface area (Å²) in [6.45, 7) is 3.49. The average molecular weight is 298 g/mol. The van der Waals surface area contributed by atoms with Crippen LogP contribution in [0.2, 0.25) is 5.02 Å². The van der Waals surface area contributed by atoms with Crippen LogP contribution in [0.15, 0.2) is 6.20 Å². The number of hydrogen-bond acceptors (Lipinski definition) is 5. The van der Waals surface area contributed by atoms with Gasteiger partial charge in [-0.05, 0) is 26.2 Å². The highest BCUT2D eigenvalue weighted by molar-refractivity contribution is 6.32. The number of aromatic nitrogens is 2. The number of carbonyl (C=O) groups excluding carboxylic acids is 1. The smallest absolute Gasteiger partial charge is 0.242 e. The molecule has 0 bridgehead atoms. The van der Waals surface area contributed by atoms with Crippen LogP contribution >= 0.6 is 11.6 Å². The van der Waals surface area contributed by atoms with Crippen LogP contribution in [0.25, 0.3) is 0 Å². The second-order valence-electron chi connectivity index (χ2n) is 4.71. The average Bonchev–Trinajstić information content (AvgIpc) is 2.49. The predicted octanol–water partition coefficient (Wildman–Crippen LogP) is 1.67. The minimum atomic E-state index is -0.212. The van der Waals surface area contributed by atoms with Crippen LogP contribution in [0.3, 0.4) is 0 Å². The van der Waals surface area contributed by atoms with Gasteiger partial charge in [0.2, 0.25) is 11.9 Å². The summed E-state index contributed by atoms with van der Waals surface area (Å²) in [4.78, 5) is 22.6. The van der Waals surface area contributed by atoms with Crippen molar-refractivity contribution in [2.45, 2.75) is 32.2 Å². The fourth-order valence-corrected chi connectivity index (χ4v) is 2.63. The summed E-state index contributed by atoms with van der Waals surface area (Å²) in [5.41, 5.74) is 0. The first-order valence-corrected chi connectivity index (χ1v) is 7.29. The Bertz CT molecular complexity index is 482. The van der Waals surface area contributed by atoms with Crippen LogP contribution in [0.1, 0.15) is 26.2 Å². The zero-order chi connectivity index (χ0) is 14.5. The van der Waals surface area contributed by atoms with Crippen molar-refractivity contribution in [1.29, 1.82) is 0 Å². The van der Waals surface area contributed by atoms with Crippen molar-refractivity contribution in [2.75, 3.05) is 30.4 Å². The van der Waals surface area contributed by atoms with Gasteiger partial charge in [0.25, 0.3) is 0 Å². The number of likely N-dealkylation sites (N-methyl/N-ethyl adjacent to an activating group) is 1. The number of carbonyl (C=O) groups is 1. The molecule has 1 amide bonds. The van der Waals surface area contributed by atoms with E-state index in [0.29, 0.717) is 16.8 Å². The molecule has 2 heterocycles. The molecule has 1 saturated heterocycles. The van der Waals surface area contributed by atoms with Crippen molar-refractivity contribution < 1.29 is 4.79 Å². The highest BCUT2D eigenvalue weighted by Gasteiger charge is 2.30. The van der Waals surface area contributed by atoms with Gasteiger partial charge in [-0.25, -0.2) is 4.98 Å². The summed E-state index contributed by atoms with van der Waals surface area (Å²) >= 11 is 6.22. The van der Waals surface area contributed by atoms with Gasteiger partial charge < -0.3 is 15.5 Å². The third kappa shape index (κ3) is 3.12. The molecule has 0 aromatic carbocycles. The molecule has 1 aromatic rings. The Balaban J connectivity index is 2.31. The predicted molar refractivity (Wildman–Crippen MR) is 80.3 cm³/mol. The van der Waals surface area contributed by atoms with Crippen LogP contribution in [0.4, 0.5) is 11.8 Å².